The van der Waals surface area contributed by atoms with Crippen molar-refractivity contribution in [2.45, 2.75) is 52.4 Å². The lowest BCUT2D eigenvalue weighted by Crippen LogP contribution is -1.90. The first-order valence-corrected chi connectivity index (χ1v) is 12.5. The third-order valence-corrected chi connectivity index (χ3v) is 6.22. The molecule has 1 heteroatoms. The van der Waals surface area contributed by atoms with Crippen molar-refractivity contribution in [1.29, 1.82) is 0 Å². The summed E-state index contributed by atoms with van der Waals surface area (Å²) in [4.78, 5) is 0. The average Bonchev–Trinajstić information content (AvgIpc) is 2.88. The summed E-state index contributed by atoms with van der Waals surface area (Å²) >= 11 is 0. The summed E-state index contributed by atoms with van der Waals surface area (Å²) < 4.78 is 15.1. The fraction of sp³-hybridized carbons (Fsp3) is 0.235. The van der Waals surface area contributed by atoms with E-state index >= 15 is 4.39 Å². The first kappa shape index (κ1) is 24.3. The predicted octanol–water partition coefficient (Wildman–Crippen LogP) is 8.60. The topological polar surface area (TPSA) is 0 Å². The molecule has 0 aromatic heterocycles. The van der Waals surface area contributed by atoms with Crippen molar-refractivity contribution in [3.63, 3.8) is 0 Å². The van der Waals surface area contributed by atoms with Crippen LogP contribution in [0.2, 0.25) is 0 Å². The molecule has 0 saturated carbocycles. The summed E-state index contributed by atoms with van der Waals surface area (Å²) in [6, 6.07) is 25.8. The molecular weight excluding hydrogens is 427 g/mol. The molecule has 4 rings (SSSR count). The van der Waals surface area contributed by atoms with Gasteiger partial charge in [0.05, 0.1) is 5.56 Å². The lowest BCUT2D eigenvalue weighted by molar-refractivity contribution is 0.631. The molecule has 174 valence electrons. The monoisotopic (exact) mass is 458 g/mol. The SMILES string of the molecule is CCCCCCCc1ccc2c(F)c(C#Cc3ccc(C#Cc4ccc(C)cc4)cc3)ccc2c1. The number of fused-ring (bicyclic) bond motifs is 1. The van der Waals surface area contributed by atoms with Gasteiger partial charge in [-0.2, -0.15) is 0 Å². The minimum Gasteiger partial charge on any atom is -0.205 e. The number of hydrogen-bond donors (Lipinski definition) is 0. The van der Waals surface area contributed by atoms with E-state index in [2.05, 4.69) is 61.8 Å². The van der Waals surface area contributed by atoms with E-state index in [4.69, 9.17) is 0 Å². The molecule has 0 aliphatic carbocycles. The fourth-order valence-corrected chi connectivity index (χ4v) is 4.08. The van der Waals surface area contributed by atoms with Crippen molar-refractivity contribution in [3.05, 3.63) is 118 Å². The molecule has 0 amide bonds. The van der Waals surface area contributed by atoms with Crippen LogP contribution in [0, 0.1) is 36.4 Å². The van der Waals surface area contributed by atoms with E-state index in [0.29, 0.717) is 10.9 Å². The highest BCUT2D eigenvalue weighted by atomic mass is 19.1. The smallest absolute Gasteiger partial charge is 0.146 e. The van der Waals surface area contributed by atoms with Crippen molar-refractivity contribution in [3.8, 4) is 23.7 Å². The molecule has 0 bridgehead atoms. The van der Waals surface area contributed by atoms with E-state index in [1.165, 1.54) is 43.2 Å². The highest BCUT2D eigenvalue weighted by Gasteiger charge is 2.06. The van der Waals surface area contributed by atoms with E-state index in [9.17, 15) is 0 Å². The first-order valence-electron chi connectivity index (χ1n) is 12.5. The summed E-state index contributed by atoms with van der Waals surface area (Å²) in [5.74, 6) is 12.2. The Labute approximate surface area is 209 Å². The van der Waals surface area contributed by atoms with Gasteiger partial charge >= 0.3 is 0 Å². The van der Waals surface area contributed by atoms with E-state index < -0.39 is 0 Å². The zero-order valence-corrected chi connectivity index (χ0v) is 20.6. The van der Waals surface area contributed by atoms with Crippen molar-refractivity contribution in [1.82, 2.24) is 0 Å². The number of hydrogen-bond acceptors (Lipinski definition) is 0. The summed E-state index contributed by atoms with van der Waals surface area (Å²) in [5, 5.41) is 1.57. The van der Waals surface area contributed by atoms with Gasteiger partial charge in [-0.1, -0.05) is 98.3 Å². The second kappa shape index (κ2) is 12.1. The molecule has 0 unspecified atom stereocenters. The van der Waals surface area contributed by atoms with E-state index in [1.807, 2.05) is 48.5 Å². The fourth-order valence-electron chi connectivity index (χ4n) is 4.08. The van der Waals surface area contributed by atoms with Gasteiger partial charge in [0.2, 0.25) is 0 Å². The van der Waals surface area contributed by atoms with Gasteiger partial charge in [-0.25, -0.2) is 4.39 Å². The molecule has 0 fully saturated rings. The average molecular weight is 459 g/mol. The molecule has 35 heavy (non-hydrogen) atoms. The molecule has 4 aromatic carbocycles. The molecule has 0 radical (unpaired) electrons. The molecule has 0 saturated heterocycles. The lowest BCUT2D eigenvalue weighted by Gasteiger charge is -2.06. The standard InChI is InChI=1S/C34H31F/c1-3-4-5-6-7-8-30-20-24-33-32(25-30)23-22-31(34(33)35)21-19-29-17-15-28(16-18-29)14-13-27-11-9-26(2)10-12-27/h9-12,15-18,20,22-25H,3-8H2,1-2H3. The second-order valence-corrected chi connectivity index (χ2v) is 9.09. The lowest BCUT2D eigenvalue weighted by atomic mass is 10.00. The Kier molecular flexibility index (Phi) is 8.38. The molecule has 0 heterocycles. The number of unbranched alkanes of at least 4 members (excludes halogenated alkanes) is 4. The predicted molar refractivity (Wildman–Crippen MR) is 146 cm³/mol. The Morgan fingerprint density at radius 1 is 0.629 bits per heavy atom. The van der Waals surface area contributed by atoms with Crippen molar-refractivity contribution < 1.29 is 4.39 Å². The van der Waals surface area contributed by atoms with Gasteiger partial charge in [0.1, 0.15) is 5.82 Å². The Bertz CT molecular complexity index is 1400. The Hall–Kier alpha value is -3.81. The normalized spacial score (nSPS) is 10.4. The molecule has 0 aliphatic rings. The quantitative estimate of drug-likeness (QED) is 0.200. The van der Waals surface area contributed by atoms with Crippen LogP contribution in [0.5, 0.6) is 0 Å². The highest BCUT2D eigenvalue weighted by Crippen LogP contribution is 2.23. The zero-order chi connectivity index (χ0) is 24.5. The molecule has 0 spiro atoms. The highest BCUT2D eigenvalue weighted by molar-refractivity contribution is 5.85. The van der Waals surface area contributed by atoms with Crippen LogP contribution >= 0.6 is 0 Å². The van der Waals surface area contributed by atoms with E-state index in [1.54, 1.807) is 6.07 Å². The third kappa shape index (κ3) is 6.85. The maximum Gasteiger partial charge on any atom is 0.146 e. The van der Waals surface area contributed by atoms with Crippen LogP contribution in [0.3, 0.4) is 0 Å². The second-order valence-electron chi connectivity index (χ2n) is 9.09. The summed E-state index contributed by atoms with van der Waals surface area (Å²) in [5.41, 5.74) is 5.67. The minimum atomic E-state index is -0.245. The zero-order valence-electron chi connectivity index (χ0n) is 20.6. The summed E-state index contributed by atoms with van der Waals surface area (Å²) in [7, 11) is 0. The van der Waals surface area contributed by atoms with Gasteiger partial charge in [0, 0.05) is 22.1 Å². The minimum absolute atomic E-state index is 0.245. The number of halogens is 1. The van der Waals surface area contributed by atoms with Gasteiger partial charge in [-0.15, -0.1) is 0 Å². The van der Waals surface area contributed by atoms with Crippen molar-refractivity contribution >= 4 is 10.8 Å². The van der Waals surface area contributed by atoms with Gasteiger partial charge in [0.25, 0.3) is 0 Å². The number of aryl methyl sites for hydroxylation is 2. The van der Waals surface area contributed by atoms with Crippen LogP contribution in [0.15, 0.2) is 78.9 Å². The van der Waals surface area contributed by atoms with Crippen LogP contribution < -0.4 is 0 Å². The molecule has 0 nitrogen and oxygen atoms in total. The molecule has 4 aromatic rings. The maximum absolute atomic E-state index is 15.1. The number of rotatable bonds is 6. The van der Waals surface area contributed by atoms with E-state index in [-0.39, 0.29) is 5.82 Å². The van der Waals surface area contributed by atoms with Gasteiger partial charge in [-0.3, -0.25) is 0 Å². The summed E-state index contributed by atoms with van der Waals surface area (Å²) in [6.45, 7) is 4.30. The molecule has 0 atom stereocenters. The van der Waals surface area contributed by atoms with Gasteiger partial charge in [0.15, 0.2) is 0 Å². The van der Waals surface area contributed by atoms with Crippen molar-refractivity contribution in [2.24, 2.45) is 0 Å². The van der Waals surface area contributed by atoms with E-state index in [0.717, 1.165) is 28.5 Å². The third-order valence-electron chi connectivity index (χ3n) is 6.22. The number of benzene rings is 4. The molecule has 0 N–H and O–H groups in total. The van der Waals surface area contributed by atoms with Crippen molar-refractivity contribution in [2.75, 3.05) is 0 Å². The molecular formula is C34H31F. The van der Waals surface area contributed by atoms with Crippen LogP contribution in [0.25, 0.3) is 10.8 Å². The van der Waals surface area contributed by atoms with Crippen LogP contribution in [0.4, 0.5) is 4.39 Å². The van der Waals surface area contributed by atoms with Gasteiger partial charge < -0.3 is 0 Å². The van der Waals surface area contributed by atoms with Crippen LogP contribution in [-0.4, -0.2) is 0 Å². The Morgan fingerprint density at radius 3 is 1.89 bits per heavy atom. The molecule has 0 aliphatic heterocycles. The Morgan fingerprint density at radius 2 is 1.23 bits per heavy atom. The Balaban J connectivity index is 1.43. The first-order chi connectivity index (χ1) is 17.1. The van der Waals surface area contributed by atoms with Crippen LogP contribution in [-0.2, 0) is 6.42 Å². The van der Waals surface area contributed by atoms with Gasteiger partial charge in [-0.05, 0) is 73.2 Å². The van der Waals surface area contributed by atoms with Crippen LogP contribution in [0.1, 0.15) is 72.4 Å². The maximum atomic E-state index is 15.1. The summed E-state index contributed by atoms with van der Waals surface area (Å²) in [6.07, 6.45) is 7.36. The largest absolute Gasteiger partial charge is 0.205 e.